The molecule has 0 saturated carbocycles. The van der Waals surface area contributed by atoms with Crippen LogP contribution in [0.25, 0.3) is 0 Å². The number of para-hydroxylation sites is 3. The topological polar surface area (TPSA) is 74.8 Å². The Morgan fingerprint density at radius 2 is 1.73 bits per heavy atom. The van der Waals surface area contributed by atoms with Gasteiger partial charge in [0.1, 0.15) is 29.0 Å². The molecule has 0 bridgehead atoms. The maximum Gasteiger partial charge on any atom is 0.153 e. The quantitative estimate of drug-likeness (QED) is 0.674. The lowest BCUT2D eigenvalue weighted by Gasteiger charge is -2.09. The summed E-state index contributed by atoms with van der Waals surface area (Å²) in [6.07, 6.45) is 1.55. The number of ether oxygens (including phenoxy) is 2. The zero-order valence-corrected chi connectivity index (χ0v) is 14.1. The van der Waals surface area contributed by atoms with Gasteiger partial charge in [0, 0.05) is 17.8 Å². The van der Waals surface area contributed by atoms with E-state index in [1.165, 1.54) is 13.2 Å². The van der Waals surface area contributed by atoms with Gasteiger partial charge in [-0.25, -0.2) is 0 Å². The highest BCUT2D eigenvalue weighted by Crippen LogP contribution is 2.33. The van der Waals surface area contributed by atoms with E-state index >= 15 is 0 Å². The molecule has 0 unspecified atom stereocenters. The number of nitrogens with zero attached hydrogens (tertiary/aromatic N) is 2. The standard InChI is InChI=1S/C21H16N2O3/c1-25-17-11-10-16(19(24)12-17)14-23-18-7-3-5-9-21(18)26-20-8-4-2-6-15(20)13-22/h2-12,14,24H,1H3. The average Bonchev–Trinajstić information content (AvgIpc) is 2.68. The first-order valence-corrected chi connectivity index (χ1v) is 7.88. The molecule has 0 aromatic heterocycles. The molecule has 5 heteroatoms. The van der Waals surface area contributed by atoms with Gasteiger partial charge in [0.05, 0.1) is 12.7 Å². The smallest absolute Gasteiger partial charge is 0.153 e. The molecule has 0 aliphatic heterocycles. The molecule has 0 aliphatic carbocycles. The highest BCUT2D eigenvalue weighted by atomic mass is 16.5. The summed E-state index contributed by atoms with van der Waals surface area (Å²) in [5, 5.41) is 19.2. The van der Waals surface area contributed by atoms with Crippen molar-refractivity contribution in [2.45, 2.75) is 0 Å². The predicted molar refractivity (Wildman–Crippen MR) is 99.6 cm³/mol. The van der Waals surface area contributed by atoms with Crippen LogP contribution < -0.4 is 9.47 Å². The maximum atomic E-state index is 10.0. The Hall–Kier alpha value is -3.78. The zero-order valence-electron chi connectivity index (χ0n) is 14.1. The molecule has 0 radical (unpaired) electrons. The van der Waals surface area contributed by atoms with Crippen LogP contribution in [-0.4, -0.2) is 18.4 Å². The Balaban J connectivity index is 1.89. The Labute approximate surface area is 151 Å². The number of methoxy groups -OCH3 is 1. The molecule has 128 valence electrons. The van der Waals surface area contributed by atoms with Crippen LogP contribution in [0.3, 0.4) is 0 Å². The van der Waals surface area contributed by atoms with E-state index in [1.54, 1.807) is 54.7 Å². The van der Waals surface area contributed by atoms with Crippen LogP contribution >= 0.6 is 0 Å². The van der Waals surface area contributed by atoms with Gasteiger partial charge in [-0.15, -0.1) is 0 Å². The van der Waals surface area contributed by atoms with Crippen molar-refractivity contribution in [3.8, 4) is 29.1 Å². The highest BCUT2D eigenvalue weighted by molar-refractivity contribution is 5.86. The molecule has 3 aromatic rings. The van der Waals surface area contributed by atoms with Crippen LogP contribution in [0.4, 0.5) is 5.69 Å². The number of hydrogen-bond donors (Lipinski definition) is 1. The van der Waals surface area contributed by atoms with Crippen molar-refractivity contribution >= 4 is 11.9 Å². The molecular formula is C21H16N2O3. The molecule has 5 nitrogen and oxygen atoms in total. The SMILES string of the molecule is COc1ccc(C=Nc2ccccc2Oc2ccccc2C#N)c(O)c1. The lowest BCUT2D eigenvalue weighted by Crippen LogP contribution is -1.89. The minimum absolute atomic E-state index is 0.0707. The van der Waals surface area contributed by atoms with Gasteiger partial charge in [0.15, 0.2) is 5.75 Å². The number of rotatable bonds is 5. The van der Waals surface area contributed by atoms with E-state index in [4.69, 9.17) is 9.47 Å². The van der Waals surface area contributed by atoms with E-state index in [2.05, 4.69) is 11.1 Å². The number of hydrogen-bond acceptors (Lipinski definition) is 5. The molecule has 1 N–H and O–H groups in total. The Kier molecular flexibility index (Phi) is 5.16. The van der Waals surface area contributed by atoms with E-state index in [1.807, 2.05) is 12.1 Å². The fourth-order valence-electron chi connectivity index (χ4n) is 2.32. The van der Waals surface area contributed by atoms with Gasteiger partial charge in [-0.3, -0.25) is 4.99 Å². The molecule has 0 amide bonds. The normalized spacial score (nSPS) is 10.5. The van der Waals surface area contributed by atoms with Crippen molar-refractivity contribution in [3.63, 3.8) is 0 Å². The highest BCUT2D eigenvalue weighted by Gasteiger charge is 2.07. The third kappa shape index (κ3) is 3.82. The van der Waals surface area contributed by atoms with Crippen molar-refractivity contribution in [3.05, 3.63) is 77.9 Å². The van der Waals surface area contributed by atoms with E-state index in [0.29, 0.717) is 34.1 Å². The predicted octanol–water partition coefficient (Wildman–Crippen LogP) is 4.82. The van der Waals surface area contributed by atoms with Crippen molar-refractivity contribution in [2.75, 3.05) is 7.11 Å². The summed E-state index contributed by atoms with van der Waals surface area (Å²) in [4.78, 5) is 4.41. The van der Waals surface area contributed by atoms with Crippen LogP contribution in [0.15, 0.2) is 71.7 Å². The molecule has 0 saturated heterocycles. The first kappa shape index (κ1) is 17.1. The molecule has 0 spiro atoms. The van der Waals surface area contributed by atoms with Gasteiger partial charge < -0.3 is 14.6 Å². The minimum atomic E-state index is 0.0707. The largest absolute Gasteiger partial charge is 0.507 e. The van der Waals surface area contributed by atoms with Crippen molar-refractivity contribution < 1.29 is 14.6 Å². The first-order chi connectivity index (χ1) is 12.7. The van der Waals surface area contributed by atoms with Crippen LogP contribution in [-0.2, 0) is 0 Å². The monoisotopic (exact) mass is 344 g/mol. The minimum Gasteiger partial charge on any atom is -0.507 e. The van der Waals surface area contributed by atoms with E-state index in [9.17, 15) is 10.4 Å². The summed E-state index contributed by atoms with van der Waals surface area (Å²) in [7, 11) is 1.54. The molecule has 3 aromatic carbocycles. The number of phenols is 1. The number of phenolic OH excluding ortho intramolecular Hbond substituents is 1. The average molecular weight is 344 g/mol. The molecule has 26 heavy (non-hydrogen) atoms. The van der Waals surface area contributed by atoms with Gasteiger partial charge >= 0.3 is 0 Å². The second kappa shape index (κ2) is 7.86. The maximum absolute atomic E-state index is 10.0. The molecule has 0 aliphatic rings. The third-order valence-corrected chi connectivity index (χ3v) is 3.67. The van der Waals surface area contributed by atoms with Crippen LogP contribution in [0.5, 0.6) is 23.0 Å². The van der Waals surface area contributed by atoms with E-state index in [0.717, 1.165) is 0 Å². The van der Waals surface area contributed by atoms with Gasteiger partial charge in [-0.1, -0.05) is 24.3 Å². The number of aromatic hydroxyl groups is 1. The van der Waals surface area contributed by atoms with Crippen molar-refractivity contribution in [1.82, 2.24) is 0 Å². The van der Waals surface area contributed by atoms with Gasteiger partial charge in [0.2, 0.25) is 0 Å². The second-order valence-electron chi connectivity index (χ2n) is 5.36. The third-order valence-electron chi connectivity index (χ3n) is 3.67. The molecular weight excluding hydrogens is 328 g/mol. The molecule has 0 heterocycles. The summed E-state index contributed by atoms with van der Waals surface area (Å²) < 4.78 is 10.9. The summed E-state index contributed by atoms with van der Waals surface area (Å²) in [5.41, 5.74) is 1.58. The van der Waals surface area contributed by atoms with Crippen molar-refractivity contribution in [1.29, 1.82) is 5.26 Å². The Morgan fingerprint density at radius 1 is 1.00 bits per heavy atom. The summed E-state index contributed by atoms with van der Waals surface area (Å²) in [6, 6.07) is 21.3. The molecule has 0 fully saturated rings. The van der Waals surface area contributed by atoms with Gasteiger partial charge in [-0.2, -0.15) is 5.26 Å². The van der Waals surface area contributed by atoms with Gasteiger partial charge in [-0.05, 0) is 36.4 Å². The first-order valence-electron chi connectivity index (χ1n) is 7.88. The number of aliphatic imine (C=N–C) groups is 1. The summed E-state index contributed by atoms with van der Waals surface area (Å²) in [6.45, 7) is 0. The van der Waals surface area contributed by atoms with Gasteiger partial charge in [0.25, 0.3) is 0 Å². The molecule has 3 rings (SSSR count). The Bertz CT molecular complexity index is 991. The fourth-order valence-corrected chi connectivity index (χ4v) is 2.32. The molecule has 0 atom stereocenters. The summed E-state index contributed by atoms with van der Waals surface area (Å²) in [5.74, 6) is 1.61. The van der Waals surface area contributed by atoms with Crippen LogP contribution in [0.2, 0.25) is 0 Å². The lowest BCUT2D eigenvalue weighted by atomic mass is 10.2. The number of benzene rings is 3. The zero-order chi connectivity index (χ0) is 18.4. The van der Waals surface area contributed by atoms with Crippen LogP contribution in [0.1, 0.15) is 11.1 Å². The Morgan fingerprint density at radius 3 is 2.46 bits per heavy atom. The second-order valence-corrected chi connectivity index (χ2v) is 5.36. The lowest BCUT2D eigenvalue weighted by molar-refractivity contribution is 0.407. The fraction of sp³-hybridized carbons (Fsp3) is 0.0476. The van der Waals surface area contributed by atoms with Crippen LogP contribution in [0, 0.1) is 11.3 Å². The summed E-state index contributed by atoms with van der Waals surface area (Å²) >= 11 is 0. The van der Waals surface area contributed by atoms with E-state index < -0.39 is 0 Å². The number of nitriles is 1. The van der Waals surface area contributed by atoms with E-state index in [-0.39, 0.29) is 5.75 Å². The van der Waals surface area contributed by atoms with Crippen molar-refractivity contribution in [2.24, 2.45) is 4.99 Å².